The van der Waals surface area contributed by atoms with E-state index in [2.05, 4.69) is 102 Å². The number of carboxylic acid groups (broad SMARTS) is 1. The number of hydrogen-bond donors (Lipinski definition) is 1. The third-order valence-corrected chi connectivity index (χ3v) is 12.6. The molecular weight excluding hydrogens is 518 g/mol. The Morgan fingerprint density at radius 3 is 2.00 bits per heavy atom. The van der Waals surface area contributed by atoms with Crippen molar-refractivity contribution >= 4 is 46.3 Å². The number of anilines is 1. The molecule has 0 aromatic heterocycles. The van der Waals surface area contributed by atoms with Gasteiger partial charge in [0.2, 0.25) is 0 Å². The average Bonchev–Trinajstić information content (AvgIpc) is 2.85. The van der Waals surface area contributed by atoms with E-state index in [4.69, 9.17) is 4.43 Å². The van der Waals surface area contributed by atoms with Crippen LogP contribution in [0.2, 0.25) is 5.04 Å². The maximum absolute atomic E-state index is 11.8. The number of halogens is 1. The second-order valence-corrected chi connectivity index (χ2v) is 15.6. The molecule has 1 saturated heterocycles. The summed E-state index contributed by atoms with van der Waals surface area (Å²) in [7, 11) is -2.54. The van der Waals surface area contributed by atoms with Crippen molar-refractivity contribution in [1.82, 2.24) is 0 Å². The Balaban J connectivity index is 1.55. The molecule has 35 heavy (non-hydrogen) atoms. The van der Waals surface area contributed by atoms with Crippen LogP contribution >= 0.6 is 15.9 Å². The van der Waals surface area contributed by atoms with E-state index in [0.29, 0.717) is 18.1 Å². The van der Waals surface area contributed by atoms with Crippen LogP contribution in [-0.4, -0.2) is 39.1 Å². The number of rotatable bonds is 7. The quantitative estimate of drug-likeness (QED) is 0.369. The van der Waals surface area contributed by atoms with E-state index in [0.717, 1.165) is 36.1 Å². The lowest BCUT2D eigenvalue weighted by atomic mass is 9.97. The standard InChI is InChI=1S/C29H34BrNO3Si/c1-29(2,3)35(24-10-6-4-7-11-24,25-12-8-5-9-13-25)34-21-22-16-18-31(19-17-22)27-20-23(30)14-15-26(27)28(32)33/h4-15,20,22H,16-19,21H2,1-3H3,(H,32,33). The molecule has 0 saturated carbocycles. The Hall–Kier alpha value is -2.41. The lowest BCUT2D eigenvalue weighted by Gasteiger charge is -2.44. The van der Waals surface area contributed by atoms with Gasteiger partial charge in [-0.1, -0.05) is 97.4 Å². The molecule has 0 bridgehead atoms. The molecular formula is C29H34BrNO3Si. The smallest absolute Gasteiger partial charge is 0.337 e. The molecule has 4 rings (SSSR count). The van der Waals surface area contributed by atoms with Crippen LogP contribution in [0.3, 0.4) is 0 Å². The molecule has 6 heteroatoms. The minimum Gasteiger partial charge on any atom is -0.478 e. The summed E-state index contributed by atoms with van der Waals surface area (Å²) in [6.45, 7) is 9.29. The largest absolute Gasteiger partial charge is 0.478 e. The van der Waals surface area contributed by atoms with Crippen molar-refractivity contribution in [1.29, 1.82) is 0 Å². The van der Waals surface area contributed by atoms with E-state index in [1.165, 1.54) is 10.4 Å². The normalized spacial score (nSPS) is 15.3. The minimum atomic E-state index is -2.54. The van der Waals surface area contributed by atoms with Gasteiger partial charge >= 0.3 is 5.97 Å². The zero-order valence-electron chi connectivity index (χ0n) is 20.7. The second-order valence-electron chi connectivity index (χ2n) is 10.4. The molecule has 1 aliphatic heterocycles. The lowest BCUT2D eigenvalue weighted by molar-refractivity contribution is 0.0697. The summed E-state index contributed by atoms with van der Waals surface area (Å²) in [5.74, 6) is -0.446. The summed E-state index contributed by atoms with van der Waals surface area (Å²) in [5.41, 5.74) is 1.15. The highest BCUT2D eigenvalue weighted by Crippen LogP contribution is 2.38. The zero-order chi connectivity index (χ0) is 25.1. The first-order chi connectivity index (χ1) is 16.7. The lowest BCUT2D eigenvalue weighted by Crippen LogP contribution is -2.67. The van der Waals surface area contributed by atoms with Crippen molar-refractivity contribution in [3.63, 3.8) is 0 Å². The van der Waals surface area contributed by atoms with E-state index in [1.54, 1.807) is 12.1 Å². The molecule has 1 aliphatic rings. The van der Waals surface area contributed by atoms with Gasteiger partial charge in [-0.05, 0) is 52.4 Å². The third-order valence-electron chi connectivity index (χ3n) is 7.10. The van der Waals surface area contributed by atoms with Crippen LogP contribution in [0.15, 0.2) is 83.3 Å². The van der Waals surface area contributed by atoms with Gasteiger partial charge in [0.25, 0.3) is 8.32 Å². The first-order valence-corrected chi connectivity index (χ1v) is 15.0. The molecule has 0 spiro atoms. The summed E-state index contributed by atoms with van der Waals surface area (Å²) < 4.78 is 8.04. The maximum Gasteiger partial charge on any atom is 0.337 e. The first-order valence-electron chi connectivity index (χ1n) is 12.2. The average molecular weight is 553 g/mol. The summed E-state index contributed by atoms with van der Waals surface area (Å²) in [6.07, 6.45) is 1.95. The summed E-state index contributed by atoms with van der Waals surface area (Å²) in [6, 6.07) is 26.9. The second kappa shape index (κ2) is 10.7. The van der Waals surface area contributed by atoms with E-state index in [1.807, 2.05) is 6.07 Å². The number of carboxylic acids is 1. The first kappa shape index (κ1) is 25.7. The Bertz CT molecular complexity index is 1100. The number of benzene rings is 3. The number of carbonyl (C=O) groups is 1. The molecule has 1 fully saturated rings. The van der Waals surface area contributed by atoms with Gasteiger partial charge < -0.3 is 14.4 Å². The molecule has 184 valence electrons. The number of nitrogens with zero attached hydrogens (tertiary/aromatic N) is 1. The SMILES string of the molecule is CC(C)(C)[Si](OCC1CCN(c2cc(Br)ccc2C(=O)O)CC1)(c1ccccc1)c1ccccc1. The van der Waals surface area contributed by atoms with Crippen LogP contribution in [-0.2, 0) is 4.43 Å². The van der Waals surface area contributed by atoms with Gasteiger partial charge in [-0.2, -0.15) is 0 Å². The van der Waals surface area contributed by atoms with Crippen molar-refractivity contribution in [2.24, 2.45) is 5.92 Å². The fraction of sp³-hybridized carbons (Fsp3) is 0.345. The highest BCUT2D eigenvalue weighted by atomic mass is 79.9. The van der Waals surface area contributed by atoms with Crippen molar-refractivity contribution in [2.75, 3.05) is 24.6 Å². The summed E-state index contributed by atoms with van der Waals surface area (Å²) in [4.78, 5) is 14.0. The Morgan fingerprint density at radius 1 is 0.971 bits per heavy atom. The third kappa shape index (κ3) is 5.40. The van der Waals surface area contributed by atoms with Gasteiger partial charge in [0.15, 0.2) is 0 Å². The molecule has 0 amide bonds. The van der Waals surface area contributed by atoms with E-state index < -0.39 is 14.3 Å². The van der Waals surface area contributed by atoms with Gasteiger partial charge in [-0.25, -0.2) is 4.79 Å². The van der Waals surface area contributed by atoms with Gasteiger partial charge in [0, 0.05) is 24.2 Å². The monoisotopic (exact) mass is 551 g/mol. The van der Waals surface area contributed by atoms with Crippen LogP contribution in [0.4, 0.5) is 5.69 Å². The Morgan fingerprint density at radius 2 is 1.51 bits per heavy atom. The highest BCUT2D eigenvalue weighted by Gasteiger charge is 2.50. The van der Waals surface area contributed by atoms with E-state index in [-0.39, 0.29) is 5.04 Å². The fourth-order valence-corrected chi connectivity index (χ4v) is 10.3. The highest BCUT2D eigenvalue weighted by molar-refractivity contribution is 9.10. The Kier molecular flexibility index (Phi) is 7.84. The Labute approximate surface area is 218 Å². The number of hydrogen-bond acceptors (Lipinski definition) is 3. The van der Waals surface area contributed by atoms with Crippen molar-refractivity contribution in [3.8, 4) is 0 Å². The summed E-state index contributed by atoms with van der Waals surface area (Å²) in [5, 5.41) is 12.2. The van der Waals surface area contributed by atoms with Gasteiger partial charge in [0.1, 0.15) is 0 Å². The molecule has 0 unspecified atom stereocenters. The van der Waals surface area contributed by atoms with Gasteiger partial charge in [-0.15, -0.1) is 0 Å². The fourth-order valence-electron chi connectivity index (χ4n) is 5.29. The van der Waals surface area contributed by atoms with Gasteiger partial charge in [0.05, 0.1) is 11.3 Å². The van der Waals surface area contributed by atoms with E-state index >= 15 is 0 Å². The van der Waals surface area contributed by atoms with E-state index in [9.17, 15) is 9.90 Å². The molecule has 3 aromatic rings. The predicted octanol–water partition coefficient (Wildman–Crippen LogP) is 5.94. The summed E-state index contributed by atoms with van der Waals surface area (Å²) >= 11 is 3.50. The van der Waals surface area contributed by atoms with Gasteiger partial charge in [-0.3, -0.25) is 0 Å². The van der Waals surface area contributed by atoms with Crippen molar-refractivity contribution in [2.45, 2.75) is 38.7 Å². The van der Waals surface area contributed by atoms with Crippen LogP contribution in [0.5, 0.6) is 0 Å². The van der Waals surface area contributed by atoms with Crippen LogP contribution in [0.1, 0.15) is 44.0 Å². The molecule has 0 radical (unpaired) electrons. The topological polar surface area (TPSA) is 49.8 Å². The zero-order valence-corrected chi connectivity index (χ0v) is 23.3. The van der Waals surface area contributed by atoms with Crippen molar-refractivity contribution < 1.29 is 14.3 Å². The molecule has 1 heterocycles. The number of piperidine rings is 1. The molecule has 1 N–H and O–H groups in total. The minimum absolute atomic E-state index is 0.0386. The number of aromatic carboxylic acids is 1. The maximum atomic E-state index is 11.8. The van der Waals surface area contributed by atoms with Crippen LogP contribution in [0.25, 0.3) is 0 Å². The molecule has 3 aromatic carbocycles. The molecule has 4 nitrogen and oxygen atoms in total. The van der Waals surface area contributed by atoms with Crippen LogP contribution < -0.4 is 15.3 Å². The van der Waals surface area contributed by atoms with Crippen molar-refractivity contribution in [3.05, 3.63) is 88.9 Å². The molecule has 0 aliphatic carbocycles. The molecule has 0 atom stereocenters. The predicted molar refractivity (Wildman–Crippen MR) is 150 cm³/mol. The van der Waals surface area contributed by atoms with Crippen LogP contribution in [0, 0.1) is 5.92 Å².